The molecule has 6 heteroatoms. The summed E-state index contributed by atoms with van der Waals surface area (Å²) in [5, 5.41) is 12.8. The molecule has 0 saturated carbocycles. The third kappa shape index (κ3) is 27.5. The van der Waals surface area contributed by atoms with Gasteiger partial charge in [-0.15, -0.1) is 0 Å². The molecule has 0 radical (unpaired) electrons. The van der Waals surface area contributed by atoms with Crippen molar-refractivity contribution in [2.75, 3.05) is 0 Å². The molecule has 1 aromatic rings. The van der Waals surface area contributed by atoms with Gasteiger partial charge in [0.05, 0.1) is 0 Å². The lowest BCUT2D eigenvalue weighted by Crippen LogP contribution is -2.42. The summed E-state index contributed by atoms with van der Waals surface area (Å²) in [5.41, 5.74) is 2.10. The zero-order valence-corrected chi connectivity index (χ0v) is 33.5. The molecule has 4 amide bonds. The maximum absolute atomic E-state index is 13.0. The van der Waals surface area contributed by atoms with Crippen molar-refractivity contribution in [3.8, 4) is 0 Å². The van der Waals surface area contributed by atoms with Crippen molar-refractivity contribution in [1.29, 1.82) is 0 Å². The molecular weight excluding hydrogens is 617 g/mol. The van der Waals surface area contributed by atoms with E-state index in [0.29, 0.717) is 13.1 Å². The molecule has 50 heavy (non-hydrogen) atoms. The fourth-order valence-corrected chi connectivity index (χ4v) is 6.95. The fourth-order valence-electron chi connectivity index (χ4n) is 6.95. The molecule has 0 bridgehead atoms. The number of benzene rings is 1. The number of carbonyl (C=O) groups is 2. The molecule has 4 N–H and O–H groups in total. The van der Waals surface area contributed by atoms with Gasteiger partial charge in [0.2, 0.25) is 0 Å². The summed E-state index contributed by atoms with van der Waals surface area (Å²) in [5.74, 6) is 0. The van der Waals surface area contributed by atoms with E-state index in [0.717, 1.165) is 36.8 Å². The highest BCUT2D eigenvalue weighted by Crippen LogP contribution is 2.16. The summed E-state index contributed by atoms with van der Waals surface area (Å²) in [4.78, 5) is 25.9. The Hall–Kier alpha value is -2.24. The summed E-state index contributed by atoms with van der Waals surface area (Å²) in [7, 11) is 0. The standard InChI is InChI=1S/C44H82N4O2/c1-5-9-13-17-19-23-27-34-41(32-25-21-15-11-7-3)47-43(49)45-37-39-30-29-31-40(36-39)38-46-44(50)48-42(33-26-22-16-12-8-4)35-28-24-20-18-14-10-6-2/h29-31,36,41-42H,5-28,32-35,37-38H2,1-4H3,(H2,45,47,49)(H2,46,48,50). The lowest BCUT2D eigenvalue weighted by Gasteiger charge is -2.20. The van der Waals surface area contributed by atoms with Crippen LogP contribution in [0.2, 0.25) is 0 Å². The van der Waals surface area contributed by atoms with Crippen LogP contribution >= 0.6 is 0 Å². The van der Waals surface area contributed by atoms with Gasteiger partial charge in [-0.1, -0.05) is 206 Å². The summed E-state index contributed by atoms with van der Waals surface area (Å²) in [6.07, 6.45) is 35.0. The third-order valence-corrected chi connectivity index (χ3v) is 10.2. The molecule has 1 aromatic carbocycles. The van der Waals surface area contributed by atoms with Crippen LogP contribution in [0.1, 0.15) is 219 Å². The monoisotopic (exact) mass is 699 g/mol. The molecule has 0 aliphatic rings. The number of nitrogens with one attached hydrogen (secondary N) is 4. The molecule has 2 atom stereocenters. The summed E-state index contributed by atoms with van der Waals surface area (Å²) < 4.78 is 0. The summed E-state index contributed by atoms with van der Waals surface area (Å²) >= 11 is 0. The SMILES string of the molecule is CCCCCCCCCC(CCCCCCC)NC(=O)NCc1cccc(CNC(=O)NC(CCCCCCC)CCCCCCCCC)c1. The van der Waals surface area contributed by atoms with Crippen LogP contribution in [0.4, 0.5) is 9.59 Å². The van der Waals surface area contributed by atoms with Gasteiger partial charge >= 0.3 is 12.1 Å². The highest BCUT2D eigenvalue weighted by molar-refractivity contribution is 5.74. The van der Waals surface area contributed by atoms with Gasteiger partial charge in [-0.05, 0) is 36.8 Å². The van der Waals surface area contributed by atoms with Crippen LogP contribution in [0.3, 0.4) is 0 Å². The van der Waals surface area contributed by atoms with Crippen molar-refractivity contribution in [2.45, 2.75) is 233 Å². The van der Waals surface area contributed by atoms with Crippen molar-refractivity contribution < 1.29 is 9.59 Å². The molecule has 0 aliphatic heterocycles. The van der Waals surface area contributed by atoms with Crippen LogP contribution < -0.4 is 21.3 Å². The van der Waals surface area contributed by atoms with Crippen LogP contribution in [-0.4, -0.2) is 24.1 Å². The van der Waals surface area contributed by atoms with Gasteiger partial charge in [0.1, 0.15) is 0 Å². The highest BCUT2D eigenvalue weighted by atomic mass is 16.2. The normalized spacial score (nSPS) is 12.4. The summed E-state index contributed by atoms with van der Waals surface area (Å²) in [6, 6.07) is 8.54. The van der Waals surface area contributed by atoms with E-state index in [4.69, 9.17) is 0 Å². The Morgan fingerprint density at radius 1 is 0.440 bits per heavy atom. The average molecular weight is 699 g/mol. The van der Waals surface area contributed by atoms with Gasteiger partial charge in [-0.2, -0.15) is 0 Å². The Balaban J connectivity index is 2.53. The first kappa shape index (κ1) is 45.8. The van der Waals surface area contributed by atoms with E-state index in [9.17, 15) is 9.59 Å². The maximum atomic E-state index is 13.0. The quantitative estimate of drug-likeness (QED) is 0.0540. The van der Waals surface area contributed by atoms with Gasteiger partial charge in [-0.3, -0.25) is 0 Å². The lowest BCUT2D eigenvalue weighted by atomic mass is 10.00. The zero-order valence-electron chi connectivity index (χ0n) is 33.5. The molecular formula is C44H82N4O2. The maximum Gasteiger partial charge on any atom is 0.315 e. The van der Waals surface area contributed by atoms with Gasteiger partial charge < -0.3 is 21.3 Å². The fraction of sp³-hybridized carbons (Fsp3) is 0.818. The van der Waals surface area contributed by atoms with E-state index in [2.05, 4.69) is 55.0 Å². The minimum absolute atomic E-state index is 0.0731. The van der Waals surface area contributed by atoms with E-state index in [1.165, 1.54) is 154 Å². The second-order valence-corrected chi connectivity index (χ2v) is 15.1. The van der Waals surface area contributed by atoms with Gasteiger partial charge in [0.15, 0.2) is 0 Å². The highest BCUT2D eigenvalue weighted by Gasteiger charge is 2.14. The number of carbonyl (C=O) groups excluding carboxylic acids is 2. The second kappa shape index (κ2) is 33.9. The van der Waals surface area contributed by atoms with Crippen LogP contribution in [0.25, 0.3) is 0 Å². The molecule has 1 rings (SSSR count). The molecule has 0 aliphatic carbocycles. The summed E-state index contributed by atoms with van der Waals surface area (Å²) in [6.45, 7) is 9.99. The van der Waals surface area contributed by atoms with Crippen molar-refractivity contribution in [3.05, 3.63) is 35.4 Å². The predicted molar refractivity (Wildman–Crippen MR) is 217 cm³/mol. The van der Waals surface area contributed by atoms with Crippen molar-refractivity contribution in [3.63, 3.8) is 0 Å². The molecule has 0 spiro atoms. The Labute approximate surface area is 310 Å². The number of hydrogen-bond donors (Lipinski definition) is 4. The number of urea groups is 2. The first-order chi connectivity index (χ1) is 24.5. The lowest BCUT2D eigenvalue weighted by molar-refractivity contribution is 0.233. The van der Waals surface area contributed by atoms with E-state index < -0.39 is 0 Å². The molecule has 2 unspecified atom stereocenters. The van der Waals surface area contributed by atoms with Crippen molar-refractivity contribution >= 4 is 12.1 Å². The smallest absolute Gasteiger partial charge is 0.315 e. The van der Waals surface area contributed by atoms with E-state index in [1.54, 1.807) is 0 Å². The first-order valence-electron chi connectivity index (χ1n) is 21.7. The molecule has 0 aromatic heterocycles. The zero-order chi connectivity index (χ0) is 36.3. The topological polar surface area (TPSA) is 82.3 Å². The van der Waals surface area contributed by atoms with E-state index in [1.807, 2.05) is 18.2 Å². The van der Waals surface area contributed by atoms with E-state index >= 15 is 0 Å². The Bertz CT molecular complexity index is 854. The van der Waals surface area contributed by atoms with Gasteiger partial charge in [0, 0.05) is 25.2 Å². The van der Waals surface area contributed by atoms with Crippen LogP contribution in [0, 0.1) is 0 Å². The molecule has 0 saturated heterocycles. The Morgan fingerprint density at radius 3 is 1.02 bits per heavy atom. The molecule has 6 nitrogen and oxygen atoms in total. The largest absolute Gasteiger partial charge is 0.335 e. The third-order valence-electron chi connectivity index (χ3n) is 10.2. The number of rotatable bonds is 34. The minimum Gasteiger partial charge on any atom is -0.335 e. The van der Waals surface area contributed by atoms with Crippen LogP contribution in [0.5, 0.6) is 0 Å². The first-order valence-corrected chi connectivity index (χ1v) is 21.7. The average Bonchev–Trinajstić information content (AvgIpc) is 3.12. The van der Waals surface area contributed by atoms with Gasteiger partial charge in [0.25, 0.3) is 0 Å². The second-order valence-electron chi connectivity index (χ2n) is 15.1. The van der Waals surface area contributed by atoms with Crippen LogP contribution in [0.15, 0.2) is 24.3 Å². The number of amides is 4. The van der Waals surface area contributed by atoms with Crippen molar-refractivity contribution in [2.24, 2.45) is 0 Å². The number of unbranched alkanes of at least 4 members (excludes halogenated alkanes) is 20. The minimum atomic E-state index is -0.0731. The van der Waals surface area contributed by atoms with Crippen LogP contribution in [-0.2, 0) is 13.1 Å². The predicted octanol–water partition coefficient (Wildman–Crippen LogP) is 13.0. The van der Waals surface area contributed by atoms with Gasteiger partial charge in [-0.25, -0.2) is 9.59 Å². The Morgan fingerprint density at radius 2 is 0.720 bits per heavy atom. The van der Waals surface area contributed by atoms with Crippen molar-refractivity contribution in [1.82, 2.24) is 21.3 Å². The number of hydrogen-bond acceptors (Lipinski definition) is 2. The van der Waals surface area contributed by atoms with E-state index in [-0.39, 0.29) is 24.1 Å². The molecule has 0 fully saturated rings. The molecule has 0 heterocycles. The molecule has 290 valence electrons. The Kier molecular flexibility index (Phi) is 31.0.